The molecule has 0 spiro atoms. The SMILES string of the molecule is COc1ccc(CN2Cc3ccccc3-n3cc(O)nc32)cc1. The number of para-hydroxylation sites is 1. The minimum absolute atomic E-state index is 0.0384. The van der Waals surface area contributed by atoms with E-state index >= 15 is 0 Å². The lowest BCUT2D eigenvalue weighted by molar-refractivity contribution is 0.414. The molecule has 23 heavy (non-hydrogen) atoms. The molecule has 0 atom stereocenters. The molecule has 4 rings (SSSR count). The van der Waals surface area contributed by atoms with Gasteiger partial charge in [-0.25, -0.2) is 0 Å². The van der Waals surface area contributed by atoms with E-state index in [1.54, 1.807) is 13.3 Å². The van der Waals surface area contributed by atoms with Crippen LogP contribution in [0.5, 0.6) is 11.6 Å². The molecule has 0 saturated heterocycles. The van der Waals surface area contributed by atoms with E-state index in [9.17, 15) is 5.11 Å². The van der Waals surface area contributed by atoms with Crippen LogP contribution in [0.4, 0.5) is 5.95 Å². The summed E-state index contributed by atoms with van der Waals surface area (Å²) < 4.78 is 7.14. The van der Waals surface area contributed by atoms with E-state index < -0.39 is 0 Å². The van der Waals surface area contributed by atoms with Crippen LogP contribution in [0.25, 0.3) is 5.69 Å². The molecule has 1 aliphatic heterocycles. The molecule has 3 aromatic rings. The molecule has 0 unspecified atom stereocenters. The van der Waals surface area contributed by atoms with Gasteiger partial charge in [0.2, 0.25) is 11.8 Å². The molecule has 5 heteroatoms. The van der Waals surface area contributed by atoms with Crippen molar-refractivity contribution in [3.8, 4) is 17.3 Å². The van der Waals surface area contributed by atoms with Gasteiger partial charge in [0.1, 0.15) is 5.75 Å². The van der Waals surface area contributed by atoms with E-state index in [1.165, 1.54) is 11.1 Å². The minimum Gasteiger partial charge on any atom is -0.497 e. The molecule has 2 heterocycles. The molecule has 0 saturated carbocycles. The van der Waals surface area contributed by atoms with Crippen molar-refractivity contribution in [2.45, 2.75) is 13.1 Å². The summed E-state index contributed by atoms with van der Waals surface area (Å²) in [4.78, 5) is 6.44. The molecule has 1 aromatic heterocycles. The number of fused-ring (bicyclic) bond motifs is 3. The van der Waals surface area contributed by atoms with Gasteiger partial charge in [0.25, 0.3) is 0 Å². The van der Waals surface area contributed by atoms with Crippen molar-refractivity contribution in [2.75, 3.05) is 12.0 Å². The third kappa shape index (κ3) is 2.40. The lowest BCUT2D eigenvalue weighted by Gasteiger charge is -2.30. The summed E-state index contributed by atoms with van der Waals surface area (Å²) in [6, 6.07) is 16.2. The van der Waals surface area contributed by atoms with Crippen LogP contribution >= 0.6 is 0 Å². The molecule has 5 nitrogen and oxygen atoms in total. The van der Waals surface area contributed by atoms with Gasteiger partial charge >= 0.3 is 0 Å². The summed E-state index contributed by atoms with van der Waals surface area (Å²) in [5.74, 6) is 1.64. The van der Waals surface area contributed by atoms with E-state index in [0.717, 1.165) is 30.5 Å². The number of benzene rings is 2. The highest BCUT2D eigenvalue weighted by Crippen LogP contribution is 2.32. The van der Waals surface area contributed by atoms with Gasteiger partial charge in [0, 0.05) is 13.1 Å². The summed E-state index contributed by atoms with van der Waals surface area (Å²) in [7, 11) is 1.66. The first-order valence-corrected chi connectivity index (χ1v) is 7.49. The first kappa shape index (κ1) is 13.7. The maximum Gasteiger partial charge on any atom is 0.231 e. The molecule has 0 amide bonds. The Hall–Kier alpha value is -2.95. The Morgan fingerprint density at radius 3 is 2.70 bits per heavy atom. The molecular weight excluding hydrogens is 290 g/mol. The number of aromatic hydroxyl groups is 1. The normalized spacial score (nSPS) is 12.7. The van der Waals surface area contributed by atoms with E-state index in [-0.39, 0.29) is 5.88 Å². The van der Waals surface area contributed by atoms with Crippen molar-refractivity contribution in [1.82, 2.24) is 9.55 Å². The van der Waals surface area contributed by atoms with Crippen LogP contribution in [0.15, 0.2) is 54.7 Å². The fraction of sp³-hybridized carbons (Fsp3) is 0.167. The summed E-state index contributed by atoms with van der Waals surface area (Å²) in [5.41, 5.74) is 3.45. The van der Waals surface area contributed by atoms with Crippen LogP contribution in [-0.4, -0.2) is 21.8 Å². The monoisotopic (exact) mass is 307 g/mol. The molecule has 0 bridgehead atoms. The summed E-state index contributed by atoms with van der Waals surface area (Å²) in [5, 5.41) is 9.83. The highest BCUT2D eigenvalue weighted by Gasteiger charge is 2.24. The number of nitrogens with zero attached hydrogens (tertiary/aromatic N) is 3. The summed E-state index contributed by atoms with van der Waals surface area (Å²) in [6.07, 6.45) is 1.66. The Balaban J connectivity index is 1.69. The molecule has 116 valence electrons. The zero-order chi connectivity index (χ0) is 15.8. The average Bonchev–Trinajstić information content (AvgIpc) is 2.98. The number of ether oxygens (including phenoxy) is 1. The standard InChI is InChI=1S/C18H17N3O2/c1-23-15-8-6-13(7-9-15)10-20-11-14-4-2-3-5-16(14)21-12-17(22)19-18(20)21/h2-9,12,22H,10-11H2,1H3. The van der Waals surface area contributed by atoms with Crippen LogP contribution in [0, 0.1) is 0 Å². The first-order valence-electron chi connectivity index (χ1n) is 7.49. The highest BCUT2D eigenvalue weighted by atomic mass is 16.5. The number of imidazole rings is 1. The van der Waals surface area contributed by atoms with Crippen molar-refractivity contribution < 1.29 is 9.84 Å². The lowest BCUT2D eigenvalue weighted by Crippen LogP contribution is -2.29. The number of hydrogen-bond donors (Lipinski definition) is 1. The van der Waals surface area contributed by atoms with E-state index in [2.05, 4.69) is 16.0 Å². The third-order valence-corrected chi connectivity index (χ3v) is 4.10. The highest BCUT2D eigenvalue weighted by molar-refractivity contribution is 5.55. The zero-order valence-corrected chi connectivity index (χ0v) is 12.8. The molecule has 2 aromatic carbocycles. The van der Waals surface area contributed by atoms with Gasteiger partial charge in [-0.2, -0.15) is 4.98 Å². The second-order valence-corrected chi connectivity index (χ2v) is 5.60. The van der Waals surface area contributed by atoms with Crippen LogP contribution < -0.4 is 9.64 Å². The van der Waals surface area contributed by atoms with Crippen LogP contribution in [-0.2, 0) is 13.1 Å². The second-order valence-electron chi connectivity index (χ2n) is 5.60. The quantitative estimate of drug-likeness (QED) is 0.808. The minimum atomic E-state index is 0.0384. The van der Waals surface area contributed by atoms with Gasteiger partial charge in [-0.1, -0.05) is 30.3 Å². The fourth-order valence-electron chi connectivity index (χ4n) is 2.99. The zero-order valence-electron chi connectivity index (χ0n) is 12.8. The van der Waals surface area contributed by atoms with Crippen molar-refractivity contribution in [1.29, 1.82) is 0 Å². The Morgan fingerprint density at radius 2 is 1.91 bits per heavy atom. The van der Waals surface area contributed by atoms with Crippen LogP contribution in [0.1, 0.15) is 11.1 Å². The van der Waals surface area contributed by atoms with Crippen LogP contribution in [0.3, 0.4) is 0 Å². The van der Waals surface area contributed by atoms with Gasteiger partial charge in [-0.15, -0.1) is 0 Å². The Morgan fingerprint density at radius 1 is 1.13 bits per heavy atom. The van der Waals surface area contributed by atoms with E-state index in [1.807, 2.05) is 47.0 Å². The number of aromatic nitrogens is 2. The first-order chi connectivity index (χ1) is 11.2. The predicted octanol–water partition coefficient (Wildman–Crippen LogP) is 3.11. The molecule has 0 radical (unpaired) electrons. The third-order valence-electron chi connectivity index (χ3n) is 4.10. The summed E-state index contributed by atoms with van der Waals surface area (Å²) >= 11 is 0. The van der Waals surface area contributed by atoms with Gasteiger partial charge in [0.15, 0.2) is 0 Å². The van der Waals surface area contributed by atoms with Gasteiger partial charge < -0.3 is 14.7 Å². The Labute approximate surface area is 134 Å². The van der Waals surface area contributed by atoms with Crippen molar-refractivity contribution in [3.05, 3.63) is 65.9 Å². The van der Waals surface area contributed by atoms with Crippen molar-refractivity contribution in [3.63, 3.8) is 0 Å². The Bertz CT molecular complexity index is 840. The number of methoxy groups -OCH3 is 1. The lowest BCUT2D eigenvalue weighted by atomic mass is 10.1. The smallest absolute Gasteiger partial charge is 0.231 e. The molecule has 0 aliphatic carbocycles. The van der Waals surface area contributed by atoms with Crippen molar-refractivity contribution >= 4 is 5.95 Å². The van der Waals surface area contributed by atoms with Gasteiger partial charge in [0.05, 0.1) is 19.0 Å². The van der Waals surface area contributed by atoms with Crippen LogP contribution in [0.2, 0.25) is 0 Å². The number of rotatable bonds is 3. The molecule has 1 N–H and O–H groups in total. The number of anilines is 1. The van der Waals surface area contributed by atoms with Gasteiger partial charge in [-0.3, -0.25) is 4.57 Å². The predicted molar refractivity (Wildman–Crippen MR) is 88.1 cm³/mol. The second kappa shape index (κ2) is 5.35. The fourth-order valence-corrected chi connectivity index (χ4v) is 2.99. The molecule has 0 fully saturated rings. The van der Waals surface area contributed by atoms with E-state index in [0.29, 0.717) is 0 Å². The maximum atomic E-state index is 9.83. The summed E-state index contributed by atoms with van der Waals surface area (Å²) in [6.45, 7) is 1.48. The van der Waals surface area contributed by atoms with Gasteiger partial charge in [-0.05, 0) is 29.3 Å². The molecular formula is C18H17N3O2. The average molecular weight is 307 g/mol. The molecule has 1 aliphatic rings. The largest absolute Gasteiger partial charge is 0.497 e. The topological polar surface area (TPSA) is 50.5 Å². The maximum absolute atomic E-state index is 9.83. The van der Waals surface area contributed by atoms with E-state index in [4.69, 9.17) is 4.74 Å². The van der Waals surface area contributed by atoms with Crippen molar-refractivity contribution in [2.24, 2.45) is 0 Å². The number of hydrogen-bond acceptors (Lipinski definition) is 4. The Kier molecular flexibility index (Phi) is 3.19.